The second-order valence-electron chi connectivity index (χ2n) is 6.62. The van der Waals surface area contributed by atoms with Gasteiger partial charge >= 0.3 is 6.09 Å². The quantitative estimate of drug-likeness (QED) is 0.680. The van der Waals surface area contributed by atoms with E-state index in [9.17, 15) is 14.0 Å². The summed E-state index contributed by atoms with van der Waals surface area (Å²) in [6, 6.07) is 0. The van der Waals surface area contributed by atoms with Gasteiger partial charge in [-0.1, -0.05) is 0 Å². The number of rotatable bonds is 0. The predicted molar refractivity (Wildman–Crippen MR) is 68.6 cm³/mol. The molecule has 19 heavy (non-hydrogen) atoms. The highest BCUT2D eigenvalue weighted by Gasteiger charge is 2.49. The average Bonchev–Trinajstić information content (AvgIpc) is 2.57. The summed E-state index contributed by atoms with van der Waals surface area (Å²) >= 11 is 0. The maximum atomic E-state index is 13.4. The molecule has 0 aromatic rings. The fraction of sp³-hybridized carbons (Fsp3) is 0.857. The lowest BCUT2D eigenvalue weighted by molar-refractivity contribution is -0.132. The molecule has 1 aliphatic heterocycles. The van der Waals surface area contributed by atoms with Crippen molar-refractivity contribution >= 4 is 11.9 Å². The lowest BCUT2D eigenvalue weighted by Crippen LogP contribution is -2.47. The van der Waals surface area contributed by atoms with Gasteiger partial charge < -0.3 is 9.64 Å². The van der Waals surface area contributed by atoms with Crippen LogP contribution in [0.4, 0.5) is 9.18 Å². The molecule has 1 saturated heterocycles. The fourth-order valence-electron chi connectivity index (χ4n) is 2.93. The first kappa shape index (κ1) is 14.3. The molecule has 2 aliphatic rings. The van der Waals surface area contributed by atoms with E-state index in [1.165, 1.54) is 0 Å². The van der Waals surface area contributed by atoms with Crippen molar-refractivity contribution in [3.63, 3.8) is 0 Å². The Kier molecular flexibility index (Phi) is 3.58. The Balaban J connectivity index is 1.93. The first-order valence-corrected chi connectivity index (χ1v) is 6.90. The van der Waals surface area contributed by atoms with E-state index in [1.54, 1.807) is 4.90 Å². The normalized spacial score (nSPS) is 26.8. The minimum atomic E-state index is -1.30. The van der Waals surface area contributed by atoms with Crippen LogP contribution in [0.25, 0.3) is 0 Å². The molecule has 1 amide bonds. The van der Waals surface area contributed by atoms with E-state index in [2.05, 4.69) is 0 Å². The van der Waals surface area contributed by atoms with E-state index in [-0.39, 0.29) is 11.9 Å². The maximum Gasteiger partial charge on any atom is 0.410 e. The SMILES string of the molecule is CC(C)(C)OC(=O)N1CCC2(CCC(F)C2=O)CC1. The van der Waals surface area contributed by atoms with E-state index in [4.69, 9.17) is 4.74 Å². The Labute approximate surface area is 113 Å². The van der Waals surface area contributed by atoms with Crippen LogP contribution in [0.3, 0.4) is 0 Å². The van der Waals surface area contributed by atoms with Crippen molar-refractivity contribution in [3.05, 3.63) is 0 Å². The highest BCUT2D eigenvalue weighted by Crippen LogP contribution is 2.44. The van der Waals surface area contributed by atoms with Crippen LogP contribution in [0.2, 0.25) is 0 Å². The topological polar surface area (TPSA) is 46.6 Å². The smallest absolute Gasteiger partial charge is 0.410 e. The molecule has 1 aliphatic carbocycles. The van der Waals surface area contributed by atoms with Crippen LogP contribution in [-0.4, -0.2) is 41.6 Å². The Morgan fingerprint density at radius 3 is 2.32 bits per heavy atom. The number of hydrogen-bond donors (Lipinski definition) is 0. The van der Waals surface area contributed by atoms with Gasteiger partial charge in [0.25, 0.3) is 0 Å². The maximum absolute atomic E-state index is 13.4. The summed E-state index contributed by atoms with van der Waals surface area (Å²) in [6.07, 6.45) is 0.440. The van der Waals surface area contributed by atoms with Gasteiger partial charge in [-0.25, -0.2) is 9.18 Å². The monoisotopic (exact) mass is 271 g/mol. The highest BCUT2D eigenvalue weighted by atomic mass is 19.1. The zero-order chi connectivity index (χ0) is 14.3. The van der Waals surface area contributed by atoms with E-state index in [1.807, 2.05) is 20.8 Å². The van der Waals surface area contributed by atoms with E-state index in [0.717, 1.165) is 0 Å². The number of carbonyl (C=O) groups is 2. The number of halogens is 1. The number of alkyl halides is 1. The lowest BCUT2D eigenvalue weighted by atomic mass is 9.76. The molecular formula is C14H22FNO3. The minimum absolute atomic E-state index is 0.253. The molecule has 1 unspecified atom stereocenters. The van der Waals surface area contributed by atoms with Crippen LogP contribution in [0.5, 0.6) is 0 Å². The molecule has 108 valence electrons. The van der Waals surface area contributed by atoms with E-state index < -0.39 is 17.2 Å². The third-order valence-corrected chi connectivity index (χ3v) is 4.06. The molecule has 2 rings (SSSR count). The number of hydrogen-bond acceptors (Lipinski definition) is 3. The zero-order valence-electron chi connectivity index (χ0n) is 11.9. The average molecular weight is 271 g/mol. The third-order valence-electron chi connectivity index (χ3n) is 4.06. The molecular weight excluding hydrogens is 249 g/mol. The Hall–Kier alpha value is -1.13. The van der Waals surface area contributed by atoms with Crippen LogP contribution in [0.15, 0.2) is 0 Å². The summed E-state index contributed by atoms with van der Waals surface area (Å²) in [5.41, 5.74) is -1.03. The summed E-state index contributed by atoms with van der Waals surface area (Å²) in [5.74, 6) is -0.253. The number of amides is 1. The second-order valence-corrected chi connectivity index (χ2v) is 6.62. The van der Waals surface area contributed by atoms with Gasteiger partial charge in [0.2, 0.25) is 0 Å². The molecule has 1 heterocycles. The van der Waals surface area contributed by atoms with Crippen LogP contribution in [0.1, 0.15) is 46.5 Å². The molecule has 2 fully saturated rings. The fourth-order valence-corrected chi connectivity index (χ4v) is 2.93. The van der Waals surface area contributed by atoms with Crippen molar-refractivity contribution in [1.82, 2.24) is 4.90 Å². The largest absolute Gasteiger partial charge is 0.444 e. The van der Waals surface area contributed by atoms with Crippen molar-refractivity contribution < 1.29 is 18.7 Å². The minimum Gasteiger partial charge on any atom is -0.444 e. The number of ether oxygens (including phenoxy) is 1. The molecule has 0 radical (unpaired) electrons. The first-order valence-electron chi connectivity index (χ1n) is 6.90. The molecule has 0 aromatic carbocycles. The number of likely N-dealkylation sites (tertiary alicyclic amines) is 1. The summed E-state index contributed by atoms with van der Waals surface area (Å²) < 4.78 is 18.7. The first-order chi connectivity index (χ1) is 8.73. The van der Waals surface area contributed by atoms with Gasteiger partial charge in [-0.2, -0.15) is 0 Å². The second kappa shape index (κ2) is 4.76. The summed E-state index contributed by atoms with van der Waals surface area (Å²) in [5, 5.41) is 0. The van der Waals surface area contributed by atoms with Gasteiger partial charge in [-0.05, 0) is 46.5 Å². The third kappa shape index (κ3) is 2.90. The molecule has 1 atom stereocenters. The van der Waals surface area contributed by atoms with Crippen LogP contribution in [0, 0.1) is 5.41 Å². The van der Waals surface area contributed by atoms with Crippen molar-refractivity contribution in [2.75, 3.05) is 13.1 Å². The van der Waals surface area contributed by atoms with Crippen LogP contribution in [-0.2, 0) is 9.53 Å². The molecule has 1 saturated carbocycles. The Bertz CT molecular complexity index is 381. The van der Waals surface area contributed by atoms with Crippen LogP contribution >= 0.6 is 0 Å². The molecule has 5 heteroatoms. The predicted octanol–water partition coefficient (Wildman–Crippen LogP) is 2.70. The summed E-state index contributed by atoms with van der Waals surface area (Å²) in [4.78, 5) is 25.4. The molecule has 0 aromatic heterocycles. The van der Waals surface area contributed by atoms with Crippen molar-refractivity contribution in [1.29, 1.82) is 0 Å². The Morgan fingerprint density at radius 2 is 1.89 bits per heavy atom. The number of ketones is 1. The molecule has 4 nitrogen and oxygen atoms in total. The van der Waals surface area contributed by atoms with Gasteiger partial charge in [0.1, 0.15) is 5.60 Å². The summed E-state index contributed by atoms with van der Waals surface area (Å²) in [7, 11) is 0. The lowest BCUT2D eigenvalue weighted by Gasteiger charge is -2.38. The van der Waals surface area contributed by atoms with Gasteiger partial charge in [-0.3, -0.25) is 4.79 Å². The molecule has 0 bridgehead atoms. The number of nitrogens with zero attached hydrogens (tertiary/aromatic N) is 1. The molecule has 0 N–H and O–H groups in total. The van der Waals surface area contributed by atoms with E-state index >= 15 is 0 Å². The summed E-state index contributed by atoms with van der Waals surface area (Å²) in [6.45, 7) is 6.43. The number of Topliss-reactive ketones (excluding diaryl/α,β-unsaturated/α-hetero) is 1. The highest BCUT2D eigenvalue weighted by molar-refractivity contribution is 5.91. The van der Waals surface area contributed by atoms with Crippen molar-refractivity contribution in [2.45, 2.75) is 58.2 Å². The van der Waals surface area contributed by atoms with Gasteiger partial charge in [-0.15, -0.1) is 0 Å². The van der Waals surface area contributed by atoms with Crippen molar-refractivity contribution in [2.24, 2.45) is 5.41 Å². The zero-order valence-corrected chi connectivity index (χ0v) is 11.9. The van der Waals surface area contributed by atoms with Gasteiger partial charge in [0.05, 0.1) is 0 Å². The van der Waals surface area contributed by atoms with Crippen molar-refractivity contribution in [3.8, 4) is 0 Å². The standard InChI is InChI=1S/C14H22FNO3/c1-13(2,3)19-12(18)16-8-6-14(7-9-16)5-4-10(15)11(14)17/h10H,4-9H2,1-3H3. The van der Waals surface area contributed by atoms with E-state index in [0.29, 0.717) is 38.8 Å². The molecule has 1 spiro atoms. The number of carbonyl (C=O) groups excluding carboxylic acids is 2. The Morgan fingerprint density at radius 1 is 1.32 bits per heavy atom. The van der Waals surface area contributed by atoms with Gasteiger partial charge in [0, 0.05) is 18.5 Å². The van der Waals surface area contributed by atoms with Gasteiger partial charge in [0.15, 0.2) is 12.0 Å². The van der Waals surface area contributed by atoms with Crippen LogP contribution < -0.4 is 0 Å². The number of piperidine rings is 1.